The Morgan fingerprint density at radius 3 is 2.79 bits per heavy atom. The fourth-order valence-electron chi connectivity index (χ4n) is 1.28. The van der Waals surface area contributed by atoms with E-state index in [1.54, 1.807) is 0 Å². The maximum atomic E-state index is 9.80. The van der Waals surface area contributed by atoms with Crippen LogP contribution in [0, 0.1) is 0 Å². The van der Waals surface area contributed by atoms with Crippen molar-refractivity contribution in [2.45, 2.75) is 12.8 Å². The number of rotatable bonds is 4. The van der Waals surface area contributed by atoms with Gasteiger partial charge in [-0.1, -0.05) is 6.07 Å². The molecule has 0 unspecified atom stereocenters. The molecule has 1 rings (SSSR count). The van der Waals surface area contributed by atoms with E-state index in [2.05, 4.69) is 15.9 Å². The number of aryl methyl sites for hydroxylation is 1. The molecule has 3 N–H and O–H groups in total. The fourth-order valence-corrected chi connectivity index (χ4v) is 1.76. The summed E-state index contributed by atoms with van der Waals surface area (Å²) < 4.78 is 5.83. The van der Waals surface area contributed by atoms with Crippen molar-refractivity contribution in [3.63, 3.8) is 0 Å². The Morgan fingerprint density at radius 2 is 2.21 bits per heavy atom. The molecule has 14 heavy (non-hydrogen) atoms. The average Bonchev–Trinajstić information content (AvgIpc) is 2.18. The highest BCUT2D eigenvalue weighted by Crippen LogP contribution is 2.37. The molecule has 0 heterocycles. The molecule has 0 amide bonds. The predicted molar refractivity (Wildman–Crippen MR) is 59.7 cm³/mol. The Balaban J connectivity index is 2.96. The number of nitrogens with two attached hydrogens (primary N) is 1. The van der Waals surface area contributed by atoms with Gasteiger partial charge in [0.15, 0.2) is 11.5 Å². The number of aromatic hydroxyl groups is 1. The number of methoxy groups -OCH3 is 1. The highest BCUT2D eigenvalue weighted by Gasteiger charge is 2.10. The second-order valence-corrected chi connectivity index (χ2v) is 3.83. The highest BCUT2D eigenvalue weighted by atomic mass is 79.9. The lowest BCUT2D eigenvalue weighted by Crippen LogP contribution is -2.01. The molecule has 0 fully saturated rings. The minimum absolute atomic E-state index is 0.204. The summed E-state index contributed by atoms with van der Waals surface area (Å²) in [5.41, 5.74) is 6.28. The summed E-state index contributed by atoms with van der Waals surface area (Å²) in [5, 5.41) is 9.80. The Morgan fingerprint density at radius 1 is 1.50 bits per heavy atom. The number of phenols is 1. The highest BCUT2D eigenvalue weighted by molar-refractivity contribution is 9.10. The Hall–Kier alpha value is -0.740. The first-order chi connectivity index (χ1) is 6.70. The van der Waals surface area contributed by atoms with E-state index >= 15 is 0 Å². The molecule has 0 radical (unpaired) electrons. The smallest absolute Gasteiger partial charge is 0.174 e. The Labute approximate surface area is 92.0 Å². The zero-order chi connectivity index (χ0) is 10.6. The number of ether oxygens (including phenoxy) is 1. The maximum Gasteiger partial charge on any atom is 0.174 e. The monoisotopic (exact) mass is 259 g/mol. The molecule has 1 aromatic rings. The number of hydrogen-bond donors (Lipinski definition) is 2. The Bertz CT molecular complexity index is 315. The van der Waals surface area contributed by atoms with E-state index in [4.69, 9.17) is 10.5 Å². The molecule has 0 saturated heterocycles. The van der Waals surface area contributed by atoms with Crippen LogP contribution in [0.2, 0.25) is 0 Å². The molecule has 0 spiro atoms. The summed E-state index contributed by atoms with van der Waals surface area (Å²) in [6.45, 7) is 0.623. The van der Waals surface area contributed by atoms with Crippen LogP contribution in [-0.4, -0.2) is 18.8 Å². The molecule has 1 aromatic carbocycles. The number of hydrogen-bond acceptors (Lipinski definition) is 3. The van der Waals surface area contributed by atoms with E-state index in [9.17, 15) is 5.11 Å². The van der Waals surface area contributed by atoms with Gasteiger partial charge < -0.3 is 15.6 Å². The van der Waals surface area contributed by atoms with E-state index in [0.717, 1.165) is 22.9 Å². The summed E-state index contributed by atoms with van der Waals surface area (Å²) in [7, 11) is 1.53. The first-order valence-electron chi connectivity index (χ1n) is 4.45. The van der Waals surface area contributed by atoms with E-state index < -0.39 is 0 Å². The quantitative estimate of drug-likeness (QED) is 0.871. The van der Waals surface area contributed by atoms with Gasteiger partial charge in [-0.2, -0.15) is 0 Å². The van der Waals surface area contributed by atoms with Gasteiger partial charge in [-0.05, 0) is 46.9 Å². The largest absolute Gasteiger partial charge is 0.504 e. The van der Waals surface area contributed by atoms with Gasteiger partial charge in [-0.15, -0.1) is 0 Å². The fraction of sp³-hybridized carbons (Fsp3) is 0.400. The van der Waals surface area contributed by atoms with Crippen LogP contribution in [0.15, 0.2) is 16.6 Å². The zero-order valence-corrected chi connectivity index (χ0v) is 9.67. The molecule has 0 atom stereocenters. The average molecular weight is 260 g/mol. The van der Waals surface area contributed by atoms with Crippen molar-refractivity contribution in [2.75, 3.05) is 13.7 Å². The van der Waals surface area contributed by atoms with Gasteiger partial charge >= 0.3 is 0 Å². The minimum atomic E-state index is 0.204. The van der Waals surface area contributed by atoms with Crippen LogP contribution in [0.3, 0.4) is 0 Å². The third-order valence-electron chi connectivity index (χ3n) is 2.02. The van der Waals surface area contributed by atoms with Crippen molar-refractivity contribution in [2.24, 2.45) is 5.73 Å². The lowest BCUT2D eigenvalue weighted by molar-refractivity contribution is 0.368. The zero-order valence-electron chi connectivity index (χ0n) is 8.09. The van der Waals surface area contributed by atoms with Gasteiger partial charge in [0.25, 0.3) is 0 Å². The van der Waals surface area contributed by atoms with Crippen LogP contribution in [0.4, 0.5) is 0 Å². The van der Waals surface area contributed by atoms with Gasteiger partial charge in [0.1, 0.15) is 0 Å². The molecule has 78 valence electrons. The summed E-state index contributed by atoms with van der Waals surface area (Å²) >= 11 is 3.30. The van der Waals surface area contributed by atoms with Crippen molar-refractivity contribution in [3.05, 3.63) is 22.2 Å². The molecular formula is C10H14BrNO2. The standard InChI is InChI=1S/C10H14BrNO2/c1-14-10-8(11)5-4-7(9(10)13)3-2-6-12/h4-5,13H,2-3,6,12H2,1H3. The summed E-state index contributed by atoms with van der Waals surface area (Å²) in [6.07, 6.45) is 1.63. The molecule has 0 bridgehead atoms. The van der Waals surface area contributed by atoms with E-state index in [1.165, 1.54) is 7.11 Å². The number of benzene rings is 1. The number of halogens is 1. The van der Waals surface area contributed by atoms with Gasteiger partial charge in [0, 0.05) is 0 Å². The second kappa shape index (κ2) is 5.22. The molecule has 0 aliphatic rings. The van der Waals surface area contributed by atoms with Crippen LogP contribution < -0.4 is 10.5 Å². The van der Waals surface area contributed by atoms with E-state index in [0.29, 0.717) is 12.3 Å². The van der Waals surface area contributed by atoms with Gasteiger partial charge in [0.2, 0.25) is 0 Å². The van der Waals surface area contributed by atoms with Crippen molar-refractivity contribution in [1.29, 1.82) is 0 Å². The molecule has 4 heteroatoms. The van der Waals surface area contributed by atoms with Crippen LogP contribution >= 0.6 is 15.9 Å². The summed E-state index contributed by atoms with van der Waals surface area (Å²) in [4.78, 5) is 0. The third kappa shape index (κ3) is 2.39. The minimum Gasteiger partial charge on any atom is -0.504 e. The second-order valence-electron chi connectivity index (χ2n) is 2.98. The van der Waals surface area contributed by atoms with Crippen molar-refractivity contribution in [3.8, 4) is 11.5 Å². The van der Waals surface area contributed by atoms with Crippen molar-refractivity contribution >= 4 is 15.9 Å². The first kappa shape index (κ1) is 11.3. The maximum absolute atomic E-state index is 9.80. The summed E-state index contributed by atoms with van der Waals surface area (Å²) in [6, 6.07) is 3.74. The molecule has 0 aliphatic carbocycles. The lowest BCUT2D eigenvalue weighted by Gasteiger charge is -2.10. The molecular weight excluding hydrogens is 246 g/mol. The molecule has 0 saturated carbocycles. The van der Waals surface area contributed by atoms with Gasteiger partial charge in [-0.25, -0.2) is 0 Å². The molecule has 0 aliphatic heterocycles. The molecule has 3 nitrogen and oxygen atoms in total. The van der Waals surface area contributed by atoms with E-state index in [-0.39, 0.29) is 5.75 Å². The van der Waals surface area contributed by atoms with Crippen LogP contribution in [0.1, 0.15) is 12.0 Å². The first-order valence-corrected chi connectivity index (χ1v) is 5.24. The van der Waals surface area contributed by atoms with Crippen molar-refractivity contribution in [1.82, 2.24) is 0 Å². The molecule has 0 aromatic heterocycles. The van der Waals surface area contributed by atoms with Gasteiger partial charge in [0.05, 0.1) is 11.6 Å². The van der Waals surface area contributed by atoms with Crippen LogP contribution in [0.5, 0.6) is 11.5 Å². The Kier molecular flexibility index (Phi) is 4.22. The SMILES string of the molecule is COc1c(Br)ccc(CCCN)c1O. The van der Waals surface area contributed by atoms with Crippen LogP contribution in [0.25, 0.3) is 0 Å². The lowest BCUT2D eigenvalue weighted by atomic mass is 10.1. The topological polar surface area (TPSA) is 55.5 Å². The number of phenolic OH excluding ortho intramolecular Hbond substituents is 1. The van der Waals surface area contributed by atoms with Crippen LogP contribution in [-0.2, 0) is 6.42 Å². The van der Waals surface area contributed by atoms with E-state index in [1.807, 2.05) is 12.1 Å². The summed E-state index contributed by atoms with van der Waals surface area (Å²) in [5.74, 6) is 0.690. The van der Waals surface area contributed by atoms with Gasteiger partial charge in [-0.3, -0.25) is 0 Å². The third-order valence-corrected chi connectivity index (χ3v) is 2.65. The predicted octanol–water partition coefficient (Wildman–Crippen LogP) is 2.05. The normalized spacial score (nSPS) is 10.2. The van der Waals surface area contributed by atoms with Crippen molar-refractivity contribution < 1.29 is 9.84 Å².